The molecular formula is C16H34N2O. The highest BCUT2D eigenvalue weighted by atomic mass is 16.5. The summed E-state index contributed by atoms with van der Waals surface area (Å²) in [4.78, 5) is 0. The van der Waals surface area contributed by atoms with Crippen LogP contribution in [0, 0.1) is 11.3 Å². The van der Waals surface area contributed by atoms with Crippen LogP contribution < -0.4 is 11.1 Å². The molecule has 1 rings (SSSR count). The second kappa shape index (κ2) is 7.61. The predicted octanol–water partition coefficient (Wildman–Crippen LogP) is 2.94. The van der Waals surface area contributed by atoms with Crippen molar-refractivity contribution in [3.63, 3.8) is 0 Å². The van der Waals surface area contributed by atoms with Crippen LogP contribution in [0.4, 0.5) is 0 Å². The van der Waals surface area contributed by atoms with Gasteiger partial charge in [-0.2, -0.15) is 0 Å². The number of hydrogen-bond donors (Lipinski definition) is 2. The van der Waals surface area contributed by atoms with Gasteiger partial charge in [0.1, 0.15) is 0 Å². The third kappa shape index (κ3) is 6.24. The van der Waals surface area contributed by atoms with Crippen LogP contribution in [0.5, 0.6) is 0 Å². The molecule has 0 aromatic heterocycles. The van der Waals surface area contributed by atoms with E-state index in [4.69, 9.17) is 10.5 Å². The largest absolute Gasteiger partial charge is 0.381 e. The van der Waals surface area contributed by atoms with Gasteiger partial charge in [0.05, 0.1) is 0 Å². The number of nitrogens with two attached hydrogens (primary N) is 1. The second-order valence-electron chi connectivity index (χ2n) is 7.38. The van der Waals surface area contributed by atoms with Crippen molar-refractivity contribution in [3.8, 4) is 0 Å². The van der Waals surface area contributed by atoms with E-state index >= 15 is 0 Å². The van der Waals surface area contributed by atoms with E-state index in [0.29, 0.717) is 11.0 Å². The molecule has 0 amide bonds. The van der Waals surface area contributed by atoms with Crippen molar-refractivity contribution in [2.45, 2.75) is 65.3 Å². The SMILES string of the molecule is CC1(NCCCC(CCN)C(C)(C)C)CCOCC1. The van der Waals surface area contributed by atoms with E-state index in [1.165, 1.54) is 12.8 Å². The minimum atomic E-state index is 0.295. The lowest BCUT2D eigenvalue weighted by atomic mass is 9.76. The van der Waals surface area contributed by atoms with Crippen LogP contribution in [-0.2, 0) is 4.74 Å². The molecular weight excluding hydrogens is 236 g/mol. The summed E-state index contributed by atoms with van der Waals surface area (Å²) in [6, 6.07) is 0. The molecule has 3 nitrogen and oxygen atoms in total. The van der Waals surface area contributed by atoms with Gasteiger partial charge in [-0.05, 0) is 63.5 Å². The van der Waals surface area contributed by atoms with Gasteiger partial charge < -0.3 is 15.8 Å². The molecule has 0 bridgehead atoms. The standard InChI is InChI=1S/C16H34N2O/c1-15(2,3)14(7-10-17)6-5-11-18-16(4)8-12-19-13-9-16/h14,18H,5-13,17H2,1-4H3. The topological polar surface area (TPSA) is 47.3 Å². The van der Waals surface area contributed by atoms with Crippen molar-refractivity contribution in [3.05, 3.63) is 0 Å². The van der Waals surface area contributed by atoms with Gasteiger partial charge in [-0.25, -0.2) is 0 Å². The summed E-state index contributed by atoms with van der Waals surface area (Å²) in [6.07, 6.45) is 5.95. The Morgan fingerprint density at radius 1 is 1.21 bits per heavy atom. The highest BCUT2D eigenvalue weighted by Gasteiger charge is 2.27. The smallest absolute Gasteiger partial charge is 0.0483 e. The molecule has 0 spiro atoms. The van der Waals surface area contributed by atoms with Crippen molar-refractivity contribution in [1.82, 2.24) is 5.32 Å². The number of hydrogen-bond acceptors (Lipinski definition) is 3. The van der Waals surface area contributed by atoms with E-state index in [1.54, 1.807) is 0 Å². The number of ether oxygens (including phenoxy) is 1. The fraction of sp³-hybridized carbons (Fsp3) is 1.00. The first-order chi connectivity index (χ1) is 8.87. The van der Waals surface area contributed by atoms with Crippen LogP contribution in [-0.4, -0.2) is 31.8 Å². The Labute approximate surface area is 119 Å². The molecule has 0 radical (unpaired) electrons. The van der Waals surface area contributed by atoms with Crippen LogP contribution in [0.25, 0.3) is 0 Å². The maximum atomic E-state index is 5.74. The van der Waals surface area contributed by atoms with E-state index in [-0.39, 0.29) is 0 Å². The average molecular weight is 270 g/mol. The predicted molar refractivity (Wildman–Crippen MR) is 82.3 cm³/mol. The van der Waals surface area contributed by atoms with Gasteiger partial charge in [0, 0.05) is 18.8 Å². The van der Waals surface area contributed by atoms with Crippen LogP contribution in [0.3, 0.4) is 0 Å². The molecule has 3 N–H and O–H groups in total. The molecule has 0 aromatic rings. The van der Waals surface area contributed by atoms with Gasteiger partial charge in [0.25, 0.3) is 0 Å². The summed E-state index contributed by atoms with van der Waals surface area (Å²) < 4.78 is 5.43. The molecule has 1 heterocycles. The van der Waals surface area contributed by atoms with E-state index < -0.39 is 0 Å². The Morgan fingerprint density at radius 2 is 1.84 bits per heavy atom. The Morgan fingerprint density at radius 3 is 2.37 bits per heavy atom. The molecule has 1 fully saturated rings. The zero-order chi connectivity index (χ0) is 14.4. The van der Waals surface area contributed by atoms with Crippen molar-refractivity contribution in [1.29, 1.82) is 0 Å². The zero-order valence-electron chi connectivity index (χ0n) is 13.4. The monoisotopic (exact) mass is 270 g/mol. The Kier molecular flexibility index (Phi) is 6.78. The molecule has 1 saturated heterocycles. The average Bonchev–Trinajstić information content (AvgIpc) is 2.32. The lowest BCUT2D eigenvalue weighted by Gasteiger charge is -2.35. The zero-order valence-corrected chi connectivity index (χ0v) is 13.4. The van der Waals surface area contributed by atoms with E-state index in [0.717, 1.165) is 51.5 Å². The third-order valence-corrected chi connectivity index (χ3v) is 4.62. The molecule has 114 valence electrons. The first-order valence-electron chi connectivity index (χ1n) is 7.90. The van der Waals surface area contributed by atoms with Crippen molar-refractivity contribution >= 4 is 0 Å². The number of nitrogens with one attached hydrogen (secondary N) is 1. The Hall–Kier alpha value is -0.120. The lowest BCUT2D eigenvalue weighted by Crippen LogP contribution is -2.47. The van der Waals surface area contributed by atoms with E-state index in [1.807, 2.05) is 0 Å². The van der Waals surface area contributed by atoms with Gasteiger partial charge >= 0.3 is 0 Å². The summed E-state index contributed by atoms with van der Waals surface area (Å²) in [7, 11) is 0. The molecule has 1 atom stereocenters. The maximum absolute atomic E-state index is 5.74. The van der Waals surface area contributed by atoms with Gasteiger partial charge in [0.2, 0.25) is 0 Å². The van der Waals surface area contributed by atoms with Gasteiger partial charge in [0.15, 0.2) is 0 Å². The molecule has 1 aliphatic rings. The fourth-order valence-electron chi connectivity index (χ4n) is 2.95. The summed E-state index contributed by atoms with van der Waals surface area (Å²) >= 11 is 0. The van der Waals surface area contributed by atoms with E-state index in [2.05, 4.69) is 33.0 Å². The molecule has 0 saturated carbocycles. The first kappa shape index (κ1) is 16.9. The molecule has 0 aromatic carbocycles. The molecule has 1 unspecified atom stereocenters. The summed E-state index contributed by atoms with van der Waals surface area (Å²) in [5.41, 5.74) is 6.41. The van der Waals surface area contributed by atoms with E-state index in [9.17, 15) is 0 Å². The molecule has 3 heteroatoms. The fourth-order valence-corrected chi connectivity index (χ4v) is 2.95. The summed E-state index contributed by atoms with van der Waals surface area (Å²) in [5.74, 6) is 0.738. The molecule has 0 aliphatic carbocycles. The van der Waals surface area contributed by atoms with Crippen LogP contribution in [0.2, 0.25) is 0 Å². The van der Waals surface area contributed by atoms with Crippen molar-refractivity contribution < 1.29 is 4.74 Å². The quantitative estimate of drug-likeness (QED) is 0.699. The molecule has 19 heavy (non-hydrogen) atoms. The highest BCUT2D eigenvalue weighted by molar-refractivity contribution is 4.85. The first-order valence-corrected chi connectivity index (χ1v) is 7.90. The van der Waals surface area contributed by atoms with Crippen LogP contribution >= 0.6 is 0 Å². The van der Waals surface area contributed by atoms with Gasteiger partial charge in [-0.15, -0.1) is 0 Å². The minimum Gasteiger partial charge on any atom is -0.381 e. The van der Waals surface area contributed by atoms with Gasteiger partial charge in [-0.3, -0.25) is 0 Å². The summed E-state index contributed by atoms with van der Waals surface area (Å²) in [6.45, 7) is 13.1. The maximum Gasteiger partial charge on any atom is 0.0483 e. The van der Waals surface area contributed by atoms with Crippen LogP contribution in [0.1, 0.15) is 59.8 Å². The minimum absolute atomic E-state index is 0.295. The third-order valence-electron chi connectivity index (χ3n) is 4.62. The van der Waals surface area contributed by atoms with Gasteiger partial charge in [-0.1, -0.05) is 20.8 Å². The lowest BCUT2D eigenvalue weighted by molar-refractivity contribution is 0.0449. The normalized spacial score (nSPS) is 21.3. The Bertz CT molecular complexity index is 242. The van der Waals surface area contributed by atoms with Crippen molar-refractivity contribution in [2.24, 2.45) is 17.1 Å². The second-order valence-corrected chi connectivity index (χ2v) is 7.38. The summed E-state index contributed by atoms with van der Waals surface area (Å²) in [5, 5.41) is 3.74. The Balaban J connectivity index is 2.24. The highest BCUT2D eigenvalue weighted by Crippen LogP contribution is 2.32. The molecule has 1 aliphatic heterocycles. The van der Waals surface area contributed by atoms with Crippen molar-refractivity contribution in [2.75, 3.05) is 26.3 Å². The number of rotatable bonds is 7. The van der Waals surface area contributed by atoms with Crippen LogP contribution in [0.15, 0.2) is 0 Å².